The number of carbonyl (C=O) groups excluding carboxylic acids is 1. The van der Waals surface area contributed by atoms with Crippen molar-refractivity contribution in [1.82, 2.24) is 5.32 Å². The highest BCUT2D eigenvalue weighted by Gasteiger charge is 2.22. The van der Waals surface area contributed by atoms with Crippen LogP contribution >= 0.6 is 23.8 Å². The Morgan fingerprint density at radius 1 is 1.32 bits per heavy atom. The van der Waals surface area contributed by atoms with Crippen molar-refractivity contribution in [2.45, 2.75) is 39.0 Å². The third kappa shape index (κ3) is 4.34. The van der Waals surface area contributed by atoms with E-state index in [9.17, 15) is 4.79 Å². The molecule has 0 heterocycles. The van der Waals surface area contributed by atoms with E-state index in [1.54, 1.807) is 13.2 Å². The number of thiocarbonyl (C=S) groups is 1. The number of hydrogen-bond acceptors (Lipinski definition) is 3. The standard InChI is InChI=1S/C16H21ClN2O2S/c1-10-8-13(14(21-2)9-12(10)17)18-16(22)19-15(20)11-6-4-3-5-7-11/h8-9,11H,3-7H2,1-2H3,(H2,18,19,20,22). The summed E-state index contributed by atoms with van der Waals surface area (Å²) >= 11 is 11.3. The number of carbonyl (C=O) groups is 1. The largest absolute Gasteiger partial charge is 0.495 e. The molecule has 0 bridgehead atoms. The third-order valence-corrected chi connectivity index (χ3v) is 4.55. The SMILES string of the molecule is COc1cc(Cl)c(C)cc1NC(=S)NC(=O)C1CCCCC1. The van der Waals surface area contributed by atoms with Gasteiger partial charge < -0.3 is 15.4 Å². The van der Waals surface area contributed by atoms with Crippen LogP contribution in [0.3, 0.4) is 0 Å². The maximum Gasteiger partial charge on any atom is 0.229 e. The highest BCUT2D eigenvalue weighted by atomic mass is 35.5. The van der Waals surface area contributed by atoms with Crippen molar-refractivity contribution in [3.8, 4) is 5.75 Å². The van der Waals surface area contributed by atoms with E-state index in [0.717, 1.165) is 31.2 Å². The van der Waals surface area contributed by atoms with Crippen LogP contribution in [-0.2, 0) is 4.79 Å². The Morgan fingerprint density at radius 3 is 2.64 bits per heavy atom. The molecule has 1 aromatic rings. The molecule has 0 atom stereocenters. The Hall–Kier alpha value is -1.33. The number of aryl methyl sites for hydroxylation is 1. The molecule has 0 aromatic heterocycles. The second-order valence-electron chi connectivity index (χ2n) is 5.58. The molecular weight excluding hydrogens is 320 g/mol. The van der Waals surface area contributed by atoms with Gasteiger partial charge in [0, 0.05) is 17.0 Å². The Balaban J connectivity index is 1.99. The molecular formula is C16H21ClN2O2S. The maximum absolute atomic E-state index is 12.2. The lowest BCUT2D eigenvalue weighted by Crippen LogP contribution is -2.39. The monoisotopic (exact) mass is 340 g/mol. The minimum atomic E-state index is 0.00172. The first-order chi connectivity index (χ1) is 10.5. The summed E-state index contributed by atoms with van der Waals surface area (Å²) < 4.78 is 5.28. The van der Waals surface area contributed by atoms with Crippen LogP contribution in [0.1, 0.15) is 37.7 Å². The Morgan fingerprint density at radius 2 is 2.00 bits per heavy atom. The van der Waals surface area contributed by atoms with Gasteiger partial charge in [-0.1, -0.05) is 30.9 Å². The van der Waals surface area contributed by atoms with Crippen molar-refractivity contribution in [3.63, 3.8) is 0 Å². The second kappa shape index (κ2) is 7.79. The fraction of sp³-hybridized carbons (Fsp3) is 0.500. The molecule has 1 amide bonds. The van der Waals surface area contributed by atoms with Gasteiger partial charge in [0.2, 0.25) is 5.91 Å². The number of rotatable bonds is 3. The summed E-state index contributed by atoms with van der Waals surface area (Å²) in [7, 11) is 1.57. The molecule has 1 aliphatic rings. The van der Waals surface area contributed by atoms with Gasteiger partial charge in [0.1, 0.15) is 5.75 Å². The molecule has 0 aliphatic heterocycles. The van der Waals surface area contributed by atoms with Gasteiger partial charge in [-0.15, -0.1) is 0 Å². The summed E-state index contributed by atoms with van der Waals surface area (Å²) in [6.45, 7) is 1.90. The number of ether oxygens (including phenoxy) is 1. The predicted octanol–water partition coefficient (Wildman–Crippen LogP) is 4.05. The molecule has 2 N–H and O–H groups in total. The Labute approximate surface area is 141 Å². The van der Waals surface area contributed by atoms with E-state index in [4.69, 9.17) is 28.6 Å². The first-order valence-electron chi connectivity index (χ1n) is 7.47. The zero-order chi connectivity index (χ0) is 16.1. The number of halogens is 1. The molecule has 1 saturated carbocycles. The van der Waals surface area contributed by atoms with Gasteiger partial charge in [-0.25, -0.2) is 0 Å². The zero-order valence-electron chi connectivity index (χ0n) is 12.9. The van der Waals surface area contributed by atoms with Crippen LogP contribution < -0.4 is 15.4 Å². The topological polar surface area (TPSA) is 50.4 Å². The number of benzene rings is 1. The van der Waals surface area contributed by atoms with Gasteiger partial charge in [0.05, 0.1) is 12.8 Å². The normalized spacial score (nSPS) is 15.2. The minimum Gasteiger partial charge on any atom is -0.495 e. The lowest BCUT2D eigenvalue weighted by molar-refractivity contribution is -0.124. The number of nitrogens with one attached hydrogen (secondary N) is 2. The highest BCUT2D eigenvalue weighted by Crippen LogP contribution is 2.31. The molecule has 1 aliphatic carbocycles. The highest BCUT2D eigenvalue weighted by molar-refractivity contribution is 7.80. The Kier molecular flexibility index (Phi) is 6.03. The minimum absolute atomic E-state index is 0.00172. The molecule has 4 nitrogen and oxygen atoms in total. The van der Waals surface area contributed by atoms with Gasteiger partial charge in [0.25, 0.3) is 0 Å². The molecule has 0 unspecified atom stereocenters. The summed E-state index contributed by atoms with van der Waals surface area (Å²) in [6, 6.07) is 3.57. The smallest absolute Gasteiger partial charge is 0.229 e. The van der Waals surface area contributed by atoms with Crippen molar-refractivity contribution in [2.75, 3.05) is 12.4 Å². The van der Waals surface area contributed by atoms with Gasteiger partial charge in [-0.3, -0.25) is 4.79 Å². The maximum atomic E-state index is 12.2. The van der Waals surface area contributed by atoms with Crippen LogP contribution in [-0.4, -0.2) is 18.1 Å². The fourth-order valence-corrected chi connectivity index (χ4v) is 3.03. The van der Waals surface area contributed by atoms with E-state index in [0.29, 0.717) is 16.5 Å². The summed E-state index contributed by atoms with van der Waals surface area (Å²) in [5.41, 5.74) is 1.60. The van der Waals surface area contributed by atoms with Crippen LogP contribution in [0.2, 0.25) is 5.02 Å². The predicted molar refractivity (Wildman–Crippen MR) is 93.7 cm³/mol. The van der Waals surface area contributed by atoms with Crippen molar-refractivity contribution >= 4 is 40.5 Å². The number of hydrogen-bond donors (Lipinski definition) is 2. The van der Waals surface area contributed by atoms with Crippen LogP contribution in [0.15, 0.2) is 12.1 Å². The van der Waals surface area contributed by atoms with E-state index in [2.05, 4.69) is 10.6 Å². The van der Waals surface area contributed by atoms with Crippen molar-refractivity contribution in [2.24, 2.45) is 5.92 Å². The van der Waals surface area contributed by atoms with Crippen LogP contribution in [0.25, 0.3) is 0 Å². The van der Waals surface area contributed by atoms with E-state index in [1.807, 2.05) is 13.0 Å². The molecule has 2 rings (SSSR count). The van der Waals surface area contributed by atoms with Gasteiger partial charge >= 0.3 is 0 Å². The lowest BCUT2D eigenvalue weighted by atomic mass is 9.89. The number of amides is 1. The van der Waals surface area contributed by atoms with Crippen molar-refractivity contribution in [3.05, 3.63) is 22.7 Å². The molecule has 120 valence electrons. The molecule has 1 aromatic carbocycles. The number of methoxy groups -OCH3 is 1. The van der Waals surface area contributed by atoms with Crippen molar-refractivity contribution < 1.29 is 9.53 Å². The first-order valence-corrected chi connectivity index (χ1v) is 8.26. The third-order valence-electron chi connectivity index (χ3n) is 3.94. The van der Waals surface area contributed by atoms with Crippen molar-refractivity contribution in [1.29, 1.82) is 0 Å². The molecule has 1 fully saturated rings. The summed E-state index contributed by atoms with van der Waals surface area (Å²) in [5, 5.41) is 6.70. The summed E-state index contributed by atoms with van der Waals surface area (Å²) in [6.07, 6.45) is 5.33. The molecule has 22 heavy (non-hydrogen) atoms. The lowest BCUT2D eigenvalue weighted by Gasteiger charge is -2.21. The first kappa shape index (κ1) is 17.0. The second-order valence-corrected chi connectivity index (χ2v) is 6.40. The average molecular weight is 341 g/mol. The summed E-state index contributed by atoms with van der Waals surface area (Å²) in [4.78, 5) is 12.2. The average Bonchev–Trinajstić information content (AvgIpc) is 2.51. The quantitative estimate of drug-likeness (QED) is 0.815. The van der Waals surface area contributed by atoms with E-state index in [-0.39, 0.29) is 16.9 Å². The Bertz CT molecular complexity index is 572. The van der Waals surface area contributed by atoms with E-state index >= 15 is 0 Å². The van der Waals surface area contributed by atoms with Gasteiger partial charge in [-0.05, 0) is 43.6 Å². The van der Waals surface area contributed by atoms with Crippen LogP contribution in [0.4, 0.5) is 5.69 Å². The van der Waals surface area contributed by atoms with Crippen LogP contribution in [0.5, 0.6) is 5.75 Å². The zero-order valence-corrected chi connectivity index (χ0v) is 14.4. The van der Waals surface area contributed by atoms with Gasteiger partial charge in [0.15, 0.2) is 5.11 Å². The molecule has 0 spiro atoms. The molecule has 6 heteroatoms. The van der Waals surface area contributed by atoms with Gasteiger partial charge in [-0.2, -0.15) is 0 Å². The molecule has 0 saturated heterocycles. The van der Waals surface area contributed by atoms with Crippen LogP contribution in [0, 0.1) is 12.8 Å². The fourth-order valence-electron chi connectivity index (χ4n) is 2.66. The van der Waals surface area contributed by atoms with E-state index < -0.39 is 0 Å². The van der Waals surface area contributed by atoms with E-state index in [1.165, 1.54) is 6.42 Å². The molecule has 0 radical (unpaired) electrons. The summed E-state index contributed by atoms with van der Waals surface area (Å²) in [5.74, 6) is 0.661. The number of anilines is 1.